The molecule has 0 saturated carbocycles. The zero-order valence-electron chi connectivity index (χ0n) is 5.52. The summed E-state index contributed by atoms with van der Waals surface area (Å²) in [6, 6.07) is 0. The van der Waals surface area contributed by atoms with Crippen molar-refractivity contribution in [1.29, 1.82) is 0 Å². The quantitative estimate of drug-likeness (QED) is 0.504. The van der Waals surface area contributed by atoms with Gasteiger partial charge in [-0.05, 0) is 6.42 Å². The van der Waals surface area contributed by atoms with Crippen LogP contribution in [0.25, 0.3) is 0 Å². The molecule has 0 fully saturated rings. The van der Waals surface area contributed by atoms with Crippen LogP contribution in [-0.2, 0) is 9.53 Å². The van der Waals surface area contributed by atoms with Crippen LogP contribution in [0.15, 0.2) is 0 Å². The molecule has 0 rings (SSSR count). The van der Waals surface area contributed by atoms with Gasteiger partial charge in [0.05, 0.1) is 0 Å². The molecule has 3 heteroatoms. The molecule has 0 bridgehead atoms. The van der Waals surface area contributed by atoms with Crippen LogP contribution in [0.5, 0.6) is 0 Å². The number of rotatable bonds is 4. The second-order valence-electron chi connectivity index (χ2n) is 1.66. The van der Waals surface area contributed by atoms with Gasteiger partial charge in [0.2, 0.25) is 0 Å². The Morgan fingerprint density at radius 3 is 2.78 bits per heavy atom. The van der Waals surface area contributed by atoms with Crippen LogP contribution >= 0.6 is 15.9 Å². The van der Waals surface area contributed by atoms with Gasteiger partial charge < -0.3 is 4.74 Å². The highest BCUT2D eigenvalue weighted by atomic mass is 79.9. The monoisotopic (exact) mass is 194 g/mol. The van der Waals surface area contributed by atoms with E-state index in [2.05, 4.69) is 15.9 Å². The van der Waals surface area contributed by atoms with Gasteiger partial charge in [-0.1, -0.05) is 22.9 Å². The maximum atomic E-state index is 10.6. The standard InChI is InChI=1S/C6H11BrO2/c1-2-3-6(8)9-5-4-7/h2-5H2,1H3. The van der Waals surface area contributed by atoms with E-state index < -0.39 is 0 Å². The van der Waals surface area contributed by atoms with Gasteiger partial charge in [0.15, 0.2) is 0 Å². The molecule has 0 atom stereocenters. The lowest BCUT2D eigenvalue weighted by Crippen LogP contribution is -2.05. The summed E-state index contributed by atoms with van der Waals surface area (Å²) in [5.74, 6) is -0.100. The Hall–Kier alpha value is -0.0500. The number of carbonyl (C=O) groups excluding carboxylic acids is 1. The summed E-state index contributed by atoms with van der Waals surface area (Å²) in [4.78, 5) is 10.6. The van der Waals surface area contributed by atoms with Crippen LogP contribution in [-0.4, -0.2) is 17.9 Å². The van der Waals surface area contributed by atoms with Crippen LogP contribution in [0.4, 0.5) is 0 Å². The fourth-order valence-corrected chi connectivity index (χ4v) is 0.591. The molecule has 0 aromatic heterocycles. The van der Waals surface area contributed by atoms with Crippen LogP contribution in [0.1, 0.15) is 19.8 Å². The van der Waals surface area contributed by atoms with E-state index in [1.165, 1.54) is 0 Å². The topological polar surface area (TPSA) is 26.3 Å². The molecule has 0 aliphatic heterocycles. The molecule has 0 saturated heterocycles. The van der Waals surface area contributed by atoms with Crippen molar-refractivity contribution >= 4 is 21.9 Å². The summed E-state index contributed by atoms with van der Waals surface area (Å²) >= 11 is 3.15. The van der Waals surface area contributed by atoms with E-state index in [0.717, 1.165) is 11.8 Å². The van der Waals surface area contributed by atoms with Crippen molar-refractivity contribution in [2.24, 2.45) is 0 Å². The third-order valence-corrected chi connectivity index (χ3v) is 1.12. The van der Waals surface area contributed by atoms with Crippen molar-refractivity contribution < 1.29 is 9.53 Å². The van der Waals surface area contributed by atoms with Crippen LogP contribution < -0.4 is 0 Å². The summed E-state index contributed by atoms with van der Waals surface area (Å²) in [5.41, 5.74) is 0. The third kappa shape index (κ3) is 5.83. The summed E-state index contributed by atoms with van der Waals surface area (Å²) < 4.78 is 4.75. The number of hydrogen-bond donors (Lipinski definition) is 0. The largest absolute Gasteiger partial charge is 0.465 e. The maximum absolute atomic E-state index is 10.6. The number of esters is 1. The van der Waals surface area contributed by atoms with Gasteiger partial charge in [0.25, 0.3) is 0 Å². The molecule has 0 N–H and O–H groups in total. The van der Waals surface area contributed by atoms with Gasteiger partial charge in [0.1, 0.15) is 6.61 Å². The first-order valence-corrected chi connectivity index (χ1v) is 4.15. The van der Waals surface area contributed by atoms with E-state index in [4.69, 9.17) is 4.74 Å². The summed E-state index contributed by atoms with van der Waals surface area (Å²) in [6.07, 6.45) is 1.40. The normalized spacial score (nSPS) is 9.11. The molecule has 0 amide bonds. The van der Waals surface area contributed by atoms with Crippen LogP contribution in [0.2, 0.25) is 0 Å². The predicted molar refractivity (Wildman–Crippen MR) is 39.7 cm³/mol. The highest BCUT2D eigenvalue weighted by Gasteiger charge is 1.97. The van der Waals surface area contributed by atoms with E-state index in [1.54, 1.807) is 0 Å². The van der Waals surface area contributed by atoms with Crippen molar-refractivity contribution in [3.05, 3.63) is 0 Å². The zero-order valence-corrected chi connectivity index (χ0v) is 7.11. The highest BCUT2D eigenvalue weighted by Crippen LogP contribution is 1.91. The molecule has 0 unspecified atom stereocenters. The van der Waals surface area contributed by atoms with Crippen molar-refractivity contribution in [1.82, 2.24) is 0 Å². The molecule has 9 heavy (non-hydrogen) atoms. The lowest BCUT2D eigenvalue weighted by molar-refractivity contribution is -0.142. The number of halogens is 1. The van der Waals surface area contributed by atoms with Crippen LogP contribution in [0.3, 0.4) is 0 Å². The van der Waals surface area contributed by atoms with Gasteiger partial charge in [-0.3, -0.25) is 4.79 Å². The lowest BCUT2D eigenvalue weighted by atomic mass is 10.3. The first-order valence-electron chi connectivity index (χ1n) is 3.02. The van der Waals surface area contributed by atoms with E-state index in [9.17, 15) is 4.79 Å². The molecule has 0 aliphatic carbocycles. The molecular weight excluding hydrogens is 184 g/mol. The summed E-state index contributed by atoms with van der Waals surface area (Å²) in [5, 5.41) is 0.725. The third-order valence-electron chi connectivity index (χ3n) is 0.794. The fraction of sp³-hybridized carbons (Fsp3) is 0.833. The van der Waals surface area contributed by atoms with E-state index in [-0.39, 0.29) is 5.97 Å². The average molecular weight is 195 g/mol. The molecule has 0 aromatic carbocycles. The molecule has 2 nitrogen and oxygen atoms in total. The Balaban J connectivity index is 3.06. The molecule has 0 spiro atoms. The van der Waals surface area contributed by atoms with Gasteiger partial charge >= 0.3 is 5.97 Å². The van der Waals surface area contributed by atoms with Crippen molar-refractivity contribution in [2.45, 2.75) is 19.8 Å². The molecule has 0 heterocycles. The molecular formula is C6H11BrO2. The fourth-order valence-electron chi connectivity index (χ4n) is 0.429. The smallest absolute Gasteiger partial charge is 0.305 e. The Morgan fingerprint density at radius 1 is 1.67 bits per heavy atom. The zero-order chi connectivity index (χ0) is 7.11. The molecule has 0 aromatic rings. The maximum Gasteiger partial charge on any atom is 0.305 e. The SMILES string of the molecule is CCCC(=O)OCCBr. The highest BCUT2D eigenvalue weighted by molar-refractivity contribution is 9.09. The molecule has 54 valence electrons. The summed E-state index contributed by atoms with van der Waals surface area (Å²) in [7, 11) is 0. The van der Waals surface area contributed by atoms with Crippen molar-refractivity contribution in [3.8, 4) is 0 Å². The second-order valence-corrected chi connectivity index (χ2v) is 2.45. The number of ether oxygens (including phenoxy) is 1. The van der Waals surface area contributed by atoms with E-state index in [1.807, 2.05) is 6.92 Å². The Labute approximate surface area is 63.7 Å². The summed E-state index contributed by atoms with van der Waals surface area (Å²) in [6.45, 7) is 2.44. The second kappa shape index (κ2) is 6.08. The first-order chi connectivity index (χ1) is 4.31. The Bertz CT molecular complexity index is 83.1. The number of alkyl halides is 1. The molecule has 0 aliphatic rings. The van der Waals surface area contributed by atoms with Crippen LogP contribution in [0, 0.1) is 0 Å². The van der Waals surface area contributed by atoms with Gasteiger partial charge in [-0.2, -0.15) is 0 Å². The number of hydrogen-bond acceptors (Lipinski definition) is 2. The minimum absolute atomic E-state index is 0.100. The Kier molecular flexibility index (Phi) is 6.04. The molecule has 0 radical (unpaired) electrons. The minimum Gasteiger partial charge on any atom is -0.465 e. The Morgan fingerprint density at radius 2 is 2.33 bits per heavy atom. The van der Waals surface area contributed by atoms with Gasteiger partial charge in [-0.15, -0.1) is 0 Å². The van der Waals surface area contributed by atoms with E-state index in [0.29, 0.717) is 13.0 Å². The predicted octanol–water partition coefficient (Wildman–Crippen LogP) is 1.72. The van der Waals surface area contributed by atoms with Gasteiger partial charge in [-0.25, -0.2) is 0 Å². The lowest BCUT2D eigenvalue weighted by Gasteiger charge is -1.98. The number of carbonyl (C=O) groups is 1. The average Bonchev–Trinajstić information content (AvgIpc) is 1.85. The first kappa shape index (κ1) is 8.95. The minimum atomic E-state index is -0.100. The van der Waals surface area contributed by atoms with E-state index >= 15 is 0 Å². The van der Waals surface area contributed by atoms with Crippen molar-refractivity contribution in [3.63, 3.8) is 0 Å². The van der Waals surface area contributed by atoms with Crippen molar-refractivity contribution in [2.75, 3.05) is 11.9 Å². The van der Waals surface area contributed by atoms with Gasteiger partial charge in [0, 0.05) is 11.8 Å².